The number of sulfone groups is 1. The highest BCUT2D eigenvalue weighted by Gasteiger charge is 2.41. The van der Waals surface area contributed by atoms with E-state index in [0.717, 1.165) is 24.5 Å². The minimum absolute atomic E-state index is 0.0272. The molecule has 0 amide bonds. The fourth-order valence-corrected chi connectivity index (χ4v) is 5.28. The Bertz CT molecular complexity index is 585. The minimum Gasteiger partial charge on any atom is -0.444 e. The van der Waals surface area contributed by atoms with Gasteiger partial charge >= 0.3 is 0 Å². The summed E-state index contributed by atoms with van der Waals surface area (Å²) in [7, 11) is -2.94. The van der Waals surface area contributed by atoms with Crippen LogP contribution in [0.3, 0.4) is 0 Å². The molecule has 2 fully saturated rings. The van der Waals surface area contributed by atoms with E-state index in [4.69, 9.17) is 4.42 Å². The lowest BCUT2D eigenvalue weighted by atomic mass is 10.1. The van der Waals surface area contributed by atoms with Crippen molar-refractivity contribution < 1.29 is 12.8 Å². The highest BCUT2D eigenvalue weighted by molar-refractivity contribution is 7.91. The monoisotopic (exact) mass is 313 g/mol. The van der Waals surface area contributed by atoms with Crippen LogP contribution in [0.25, 0.3) is 0 Å². The molecule has 1 aromatic heterocycles. The van der Waals surface area contributed by atoms with Gasteiger partial charge in [0.25, 0.3) is 0 Å². The van der Waals surface area contributed by atoms with Crippen molar-refractivity contribution in [2.45, 2.75) is 45.3 Å². The van der Waals surface area contributed by atoms with Crippen LogP contribution in [0.1, 0.15) is 30.2 Å². The summed E-state index contributed by atoms with van der Waals surface area (Å²) in [4.78, 5) is 6.65. The standard InChI is InChI=1S/C14H23N3O3S/c1-10-11(2)20-14(16-10)7-15-12-8-21(18,19)9-13(12)17-5-3-4-6-17/h12-13,15H,3-9H2,1-2H3/t12-,13-/m1/s1. The Balaban J connectivity index is 1.67. The van der Waals surface area contributed by atoms with Crippen molar-refractivity contribution in [2.75, 3.05) is 24.6 Å². The van der Waals surface area contributed by atoms with Gasteiger partial charge in [0.15, 0.2) is 9.84 Å². The Morgan fingerprint density at radius 2 is 2.00 bits per heavy atom. The molecule has 0 aromatic carbocycles. The molecule has 0 radical (unpaired) electrons. The zero-order valence-electron chi connectivity index (χ0n) is 12.6. The van der Waals surface area contributed by atoms with E-state index in [1.165, 1.54) is 12.8 Å². The molecule has 2 saturated heterocycles. The minimum atomic E-state index is -2.94. The highest BCUT2D eigenvalue weighted by Crippen LogP contribution is 2.23. The molecule has 0 saturated carbocycles. The van der Waals surface area contributed by atoms with Crippen LogP contribution in [-0.4, -0.2) is 55.0 Å². The maximum atomic E-state index is 12.0. The first-order valence-electron chi connectivity index (χ1n) is 7.55. The van der Waals surface area contributed by atoms with Crippen molar-refractivity contribution in [1.29, 1.82) is 0 Å². The summed E-state index contributed by atoms with van der Waals surface area (Å²) in [6, 6.07) is 0.0651. The molecule has 0 unspecified atom stereocenters. The molecular formula is C14H23N3O3S. The predicted octanol–water partition coefficient (Wildman–Crippen LogP) is 0.642. The van der Waals surface area contributed by atoms with Crippen LogP contribution in [-0.2, 0) is 16.4 Å². The second kappa shape index (κ2) is 5.70. The topological polar surface area (TPSA) is 75.4 Å². The first-order chi connectivity index (χ1) is 9.94. The van der Waals surface area contributed by atoms with Gasteiger partial charge in [-0.2, -0.15) is 0 Å². The highest BCUT2D eigenvalue weighted by atomic mass is 32.2. The van der Waals surface area contributed by atoms with Crippen molar-refractivity contribution in [1.82, 2.24) is 15.2 Å². The number of hydrogen-bond donors (Lipinski definition) is 1. The fraction of sp³-hybridized carbons (Fsp3) is 0.786. The molecule has 6 nitrogen and oxygen atoms in total. The maximum absolute atomic E-state index is 12.0. The van der Waals surface area contributed by atoms with Gasteiger partial charge in [0.2, 0.25) is 5.89 Å². The molecule has 3 rings (SSSR count). The lowest BCUT2D eigenvalue weighted by Crippen LogP contribution is -2.48. The molecule has 0 bridgehead atoms. The summed E-state index contributed by atoms with van der Waals surface area (Å²) < 4.78 is 29.5. The summed E-state index contributed by atoms with van der Waals surface area (Å²) in [5, 5.41) is 3.34. The number of nitrogens with zero attached hydrogens (tertiary/aromatic N) is 2. The Labute approximate surface area is 125 Å². The van der Waals surface area contributed by atoms with E-state index >= 15 is 0 Å². The zero-order chi connectivity index (χ0) is 15.0. The van der Waals surface area contributed by atoms with Gasteiger partial charge in [-0.05, 0) is 39.8 Å². The Morgan fingerprint density at radius 1 is 1.29 bits per heavy atom. The number of aromatic nitrogens is 1. The summed E-state index contributed by atoms with van der Waals surface area (Å²) in [5.74, 6) is 1.94. The maximum Gasteiger partial charge on any atom is 0.208 e. The molecule has 0 spiro atoms. The third kappa shape index (κ3) is 3.30. The van der Waals surface area contributed by atoms with Gasteiger partial charge in [-0.3, -0.25) is 4.90 Å². The summed E-state index contributed by atoms with van der Waals surface area (Å²) in [6.45, 7) is 6.30. The van der Waals surface area contributed by atoms with Crippen molar-refractivity contribution in [3.05, 3.63) is 17.3 Å². The fourth-order valence-electron chi connectivity index (χ4n) is 3.29. The Hall–Kier alpha value is -0.920. The van der Waals surface area contributed by atoms with Crippen molar-refractivity contribution in [3.63, 3.8) is 0 Å². The number of aryl methyl sites for hydroxylation is 2. The molecule has 21 heavy (non-hydrogen) atoms. The van der Waals surface area contributed by atoms with Crippen molar-refractivity contribution >= 4 is 9.84 Å². The molecule has 1 aromatic rings. The molecule has 7 heteroatoms. The third-order valence-corrected chi connectivity index (χ3v) is 6.24. The second-order valence-electron chi connectivity index (χ2n) is 6.12. The zero-order valence-corrected chi connectivity index (χ0v) is 13.4. The largest absolute Gasteiger partial charge is 0.444 e. The number of rotatable bonds is 4. The first-order valence-corrected chi connectivity index (χ1v) is 9.37. The number of likely N-dealkylation sites (tertiary alicyclic amines) is 1. The summed E-state index contributed by atoms with van der Waals surface area (Å²) in [6.07, 6.45) is 2.34. The molecule has 118 valence electrons. The molecule has 2 atom stereocenters. The second-order valence-corrected chi connectivity index (χ2v) is 8.28. The lowest BCUT2D eigenvalue weighted by molar-refractivity contribution is 0.223. The van der Waals surface area contributed by atoms with E-state index < -0.39 is 9.84 Å². The van der Waals surface area contributed by atoms with E-state index in [0.29, 0.717) is 12.4 Å². The molecule has 2 aliphatic heterocycles. The van der Waals surface area contributed by atoms with E-state index in [1.807, 2.05) is 13.8 Å². The van der Waals surface area contributed by atoms with Crippen LogP contribution in [0.15, 0.2) is 4.42 Å². The van der Waals surface area contributed by atoms with E-state index in [-0.39, 0.29) is 23.6 Å². The van der Waals surface area contributed by atoms with E-state index in [2.05, 4.69) is 15.2 Å². The molecular weight excluding hydrogens is 290 g/mol. The SMILES string of the molecule is Cc1nc(CN[C@@H]2CS(=O)(=O)C[C@H]2N2CCCC2)oc1C. The molecule has 2 aliphatic rings. The van der Waals surface area contributed by atoms with Gasteiger partial charge in [-0.1, -0.05) is 0 Å². The van der Waals surface area contributed by atoms with E-state index in [9.17, 15) is 8.42 Å². The van der Waals surface area contributed by atoms with Gasteiger partial charge in [-0.15, -0.1) is 0 Å². The van der Waals surface area contributed by atoms with Gasteiger partial charge in [0, 0.05) is 12.1 Å². The van der Waals surface area contributed by atoms with Crippen LogP contribution in [0.4, 0.5) is 0 Å². The molecule has 0 aliphatic carbocycles. The quantitative estimate of drug-likeness (QED) is 0.879. The van der Waals surface area contributed by atoms with Crippen LogP contribution in [0, 0.1) is 13.8 Å². The average molecular weight is 313 g/mol. The predicted molar refractivity (Wildman–Crippen MR) is 79.9 cm³/mol. The van der Waals surface area contributed by atoms with Crippen molar-refractivity contribution in [2.24, 2.45) is 0 Å². The summed E-state index contributed by atoms with van der Waals surface area (Å²) >= 11 is 0. The smallest absolute Gasteiger partial charge is 0.208 e. The summed E-state index contributed by atoms with van der Waals surface area (Å²) in [5.41, 5.74) is 0.891. The van der Waals surface area contributed by atoms with Gasteiger partial charge in [0.1, 0.15) is 5.76 Å². The van der Waals surface area contributed by atoms with Gasteiger partial charge < -0.3 is 9.73 Å². The van der Waals surface area contributed by atoms with E-state index in [1.54, 1.807) is 0 Å². The first kappa shape index (κ1) is 15.0. The van der Waals surface area contributed by atoms with Crippen molar-refractivity contribution in [3.8, 4) is 0 Å². The van der Waals surface area contributed by atoms with Crippen LogP contribution in [0.5, 0.6) is 0 Å². The number of nitrogens with one attached hydrogen (secondary N) is 1. The van der Waals surface area contributed by atoms with Crippen LogP contribution >= 0.6 is 0 Å². The molecule has 1 N–H and O–H groups in total. The van der Waals surface area contributed by atoms with Crippen LogP contribution in [0.2, 0.25) is 0 Å². The number of oxazole rings is 1. The van der Waals surface area contributed by atoms with Gasteiger partial charge in [-0.25, -0.2) is 13.4 Å². The lowest BCUT2D eigenvalue weighted by Gasteiger charge is -2.28. The Kier molecular flexibility index (Phi) is 4.07. The average Bonchev–Trinajstić information content (AvgIpc) is 3.08. The van der Waals surface area contributed by atoms with Crippen LogP contribution < -0.4 is 5.32 Å². The van der Waals surface area contributed by atoms with Gasteiger partial charge in [0.05, 0.1) is 23.7 Å². The Morgan fingerprint density at radius 3 is 2.62 bits per heavy atom. The molecule has 3 heterocycles. The third-order valence-electron chi connectivity index (χ3n) is 4.52. The normalized spacial score (nSPS) is 29.2. The number of hydrogen-bond acceptors (Lipinski definition) is 6.